The topological polar surface area (TPSA) is 76.1 Å². The number of carbonyl (C=O) groups is 1. The van der Waals surface area contributed by atoms with Crippen LogP contribution in [0.1, 0.15) is 30.8 Å². The Morgan fingerprint density at radius 3 is 2.50 bits per heavy atom. The van der Waals surface area contributed by atoms with Crippen LogP contribution in [0.25, 0.3) is 11.4 Å². The number of rotatable bonds is 8. The maximum absolute atomic E-state index is 12.5. The number of benzene rings is 2. The first kappa shape index (κ1) is 19.4. The van der Waals surface area contributed by atoms with E-state index in [1.807, 2.05) is 68.4 Å². The van der Waals surface area contributed by atoms with Crippen molar-refractivity contribution < 1.29 is 9.53 Å². The molecule has 0 saturated carbocycles. The molecule has 144 valence electrons. The summed E-state index contributed by atoms with van der Waals surface area (Å²) in [4.78, 5) is 21.6. The third kappa shape index (κ3) is 4.85. The Kier molecular flexibility index (Phi) is 6.57. The van der Waals surface area contributed by atoms with Gasteiger partial charge in [0.1, 0.15) is 17.3 Å². The van der Waals surface area contributed by atoms with E-state index in [0.717, 1.165) is 23.4 Å². The van der Waals surface area contributed by atoms with Crippen molar-refractivity contribution in [3.05, 3.63) is 66.4 Å². The minimum atomic E-state index is -0.220. The first-order valence-electron chi connectivity index (χ1n) is 9.42. The lowest BCUT2D eigenvalue weighted by atomic mass is 10.2. The van der Waals surface area contributed by atoms with Gasteiger partial charge in [-0.3, -0.25) is 4.79 Å². The molecule has 28 heavy (non-hydrogen) atoms. The van der Waals surface area contributed by atoms with Gasteiger partial charge in [0.25, 0.3) is 5.91 Å². The zero-order valence-electron chi connectivity index (χ0n) is 16.1. The molecule has 1 heterocycles. The van der Waals surface area contributed by atoms with Gasteiger partial charge in [0.2, 0.25) is 0 Å². The van der Waals surface area contributed by atoms with Gasteiger partial charge in [0, 0.05) is 18.2 Å². The number of anilines is 2. The molecule has 1 aromatic heterocycles. The molecule has 0 radical (unpaired) electrons. The van der Waals surface area contributed by atoms with Gasteiger partial charge in [-0.25, -0.2) is 9.97 Å². The lowest BCUT2D eigenvalue weighted by molar-refractivity contribution is 0.0948. The summed E-state index contributed by atoms with van der Waals surface area (Å²) < 4.78 is 5.67. The average molecular weight is 376 g/mol. The predicted octanol–water partition coefficient (Wildman–Crippen LogP) is 4.43. The number of aromatic nitrogens is 2. The Hall–Kier alpha value is -3.41. The molecule has 3 aromatic rings. The summed E-state index contributed by atoms with van der Waals surface area (Å²) in [5.41, 5.74) is 1.94. The van der Waals surface area contributed by atoms with Crippen molar-refractivity contribution in [1.29, 1.82) is 0 Å². The summed E-state index contributed by atoms with van der Waals surface area (Å²) in [6.45, 7) is 5.10. The fraction of sp³-hybridized carbons (Fsp3) is 0.227. The van der Waals surface area contributed by atoms with E-state index in [-0.39, 0.29) is 5.91 Å². The standard InChI is InChI=1S/C22H24N4O2/c1-3-14-23-22(27)18-15-20(24-17-12-8-9-13-19(17)28-4-2)26-21(25-18)16-10-6-5-7-11-16/h5-13,15H,3-4,14H2,1-2H3,(H,23,27)(H,24,25,26). The van der Waals surface area contributed by atoms with E-state index in [1.165, 1.54) is 0 Å². The van der Waals surface area contributed by atoms with Gasteiger partial charge < -0.3 is 15.4 Å². The van der Waals surface area contributed by atoms with E-state index < -0.39 is 0 Å². The van der Waals surface area contributed by atoms with Gasteiger partial charge in [0.15, 0.2) is 5.82 Å². The van der Waals surface area contributed by atoms with E-state index >= 15 is 0 Å². The van der Waals surface area contributed by atoms with Crippen LogP contribution in [0.5, 0.6) is 5.75 Å². The highest BCUT2D eigenvalue weighted by atomic mass is 16.5. The number of nitrogens with zero attached hydrogens (tertiary/aromatic N) is 2. The molecule has 2 N–H and O–H groups in total. The molecule has 0 saturated heterocycles. The van der Waals surface area contributed by atoms with Gasteiger partial charge in [-0.05, 0) is 25.5 Å². The average Bonchev–Trinajstić information content (AvgIpc) is 2.74. The highest BCUT2D eigenvalue weighted by Gasteiger charge is 2.14. The molecule has 1 amide bonds. The second-order valence-corrected chi connectivity index (χ2v) is 6.14. The third-order valence-electron chi connectivity index (χ3n) is 3.98. The molecule has 6 heteroatoms. The Labute approximate surface area is 165 Å². The molecule has 6 nitrogen and oxygen atoms in total. The molecule has 0 aliphatic rings. The van der Waals surface area contributed by atoms with Gasteiger partial charge in [-0.15, -0.1) is 0 Å². The minimum Gasteiger partial charge on any atom is -0.492 e. The molecule has 3 rings (SSSR count). The van der Waals surface area contributed by atoms with Crippen molar-refractivity contribution in [3.8, 4) is 17.1 Å². The van der Waals surface area contributed by atoms with Gasteiger partial charge in [-0.2, -0.15) is 0 Å². The first-order valence-corrected chi connectivity index (χ1v) is 9.42. The quantitative estimate of drug-likeness (QED) is 0.608. The third-order valence-corrected chi connectivity index (χ3v) is 3.98. The van der Waals surface area contributed by atoms with E-state index in [9.17, 15) is 4.79 Å². The van der Waals surface area contributed by atoms with Crippen LogP contribution in [0.15, 0.2) is 60.7 Å². The van der Waals surface area contributed by atoms with Crippen LogP contribution in [-0.4, -0.2) is 29.0 Å². The number of para-hydroxylation sites is 2. The highest BCUT2D eigenvalue weighted by Crippen LogP contribution is 2.28. The predicted molar refractivity (Wildman–Crippen MR) is 111 cm³/mol. The zero-order valence-corrected chi connectivity index (χ0v) is 16.1. The number of hydrogen-bond donors (Lipinski definition) is 2. The Morgan fingerprint density at radius 1 is 1.00 bits per heavy atom. The monoisotopic (exact) mass is 376 g/mol. The number of carbonyl (C=O) groups excluding carboxylic acids is 1. The second-order valence-electron chi connectivity index (χ2n) is 6.14. The summed E-state index contributed by atoms with van der Waals surface area (Å²) in [6, 6.07) is 18.9. The molecular formula is C22H24N4O2. The van der Waals surface area contributed by atoms with E-state index in [4.69, 9.17) is 4.74 Å². The second kappa shape index (κ2) is 9.50. The van der Waals surface area contributed by atoms with Crippen molar-refractivity contribution >= 4 is 17.4 Å². The molecule has 0 atom stereocenters. The van der Waals surface area contributed by atoms with Crippen LogP contribution in [0.2, 0.25) is 0 Å². The maximum Gasteiger partial charge on any atom is 0.270 e. The smallest absolute Gasteiger partial charge is 0.270 e. The minimum absolute atomic E-state index is 0.220. The molecule has 0 fully saturated rings. The fourth-order valence-corrected chi connectivity index (χ4v) is 2.66. The molecule has 0 bridgehead atoms. The van der Waals surface area contributed by atoms with E-state index in [0.29, 0.717) is 30.5 Å². The maximum atomic E-state index is 12.5. The number of amides is 1. The summed E-state index contributed by atoms with van der Waals surface area (Å²) in [6.07, 6.45) is 0.856. The number of ether oxygens (including phenoxy) is 1. The Balaban J connectivity index is 1.99. The molecule has 0 aliphatic carbocycles. The van der Waals surface area contributed by atoms with Crippen molar-refractivity contribution in [2.75, 3.05) is 18.5 Å². The van der Waals surface area contributed by atoms with Gasteiger partial charge in [-0.1, -0.05) is 49.4 Å². The molecule has 0 spiro atoms. The van der Waals surface area contributed by atoms with Crippen LogP contribution in [0, 0.1) is 0 Å². The van der Waals surface area contributed by atoms with E-state index in [2.05, 4.69) is 20.6 Å². The zero-order chi connectivity index (χ0) is 19.8. The Bertz CT molecular complexity index is 929. The van der Waals surface area contributed by atoms with Gasteiger partial charge in [0.05, 0.1) is 12.3 Å². The summed E-state index contributed by atoms with van der Waals surface area (Å²) in [7, 11) is 0. The lowest BCUT2D eigenvalue weighted by Crippen LogP contribution is -2.25. The summed E-state index contributed by atoms with van der Waals surface area (Å²) in [5, 5.41) is 6.13. The van der Waals surface area contributed by atoms with Crippen LogP contribution < -0.4 is 15.4 Å². The van der Waals surface area contributed by atoms with Crippen molar-refractivity contribution in [2.24, 2.45) is 0 Å². The first-order chi connectivity index (χ1) is 13.7. The SMILES string of the molecule is CCCNC(=O)c1cc(Nc2ccccc2OCC)nc(-c2ccccc2)n1. The molecular weight excluding hydrogens is 352 g/mol. The Morgan fingerprint density at radius 2 is 1.75 bits per heavy atom. The van der Waals surface area contributed by atoms with Crippen molar-refractivity contribution in [1.82, 2.24) is 15.3 Å². The van der Waals surface area contributed by atoms with Crippen molar-refractivity contribution in [2.45, 2.75) is 20.3 Å². The summed E-state index contributed by atoms with van der Waals surface area (Å²) >= 11 is 0. The molecule has 0 aliphatic heterocycles. The van der Waals surface area contributed by atoms with Crippen LogP contribution in [-0.2, 0) is 0 Å². The normalized spacial score (nSPS) is 10.4. The summed E-state index contributed by atoms with van der Waals surface area (Å²) in [5.74, 6) is 1.52. The van der Waals surface area contributed by atoms with E-state index in [1.54, 1.807) is 6.07 Å². The molecule has 0 unspecified atom stereocenters. The number of hydrogen-bond acceptors (Lipinski definition) is 5. The molecule has 2 aromatic carbocycles. The number of nitrogens with one attached hydrogen (secondary N) is 2. The van der Waals surface area contributed by atoms with Crippen LogP contribution >= 0.6 is 0 Å². The fourth-order valence-electron chi connectivity index (χ4n) is 2.66. The van der Waals surface area contributed by atoms with Crippen LogP contribution in [0.4, 0.5) is 11.5 Å². The van der Waals surface area contributed by atoms with Crippen molar-refractivity contribution in [3.63, 3.8) is 0 Å². The largest absolute Gasteiger partial charge is 0.492 e. The van der Waals surface area contributed by atoms with Crippen LogP contribution in [0.3, 0.4) is 0 Å². The lowest BCUT2D eigenvalue weighted by Gasteiger charge is -2.13. The van der Waals surface area contributed by atoms with Gasteiger partial charge >= 0.3 is 0 Å². The highest BCUT2D eigenvalue weighted by molar-refractivity contribution is 5.93.